The summed E-state index contributed by atoms with van der Waals surface area (Å²) in [5, 5.41) is 0. The van der Waals surface area contributed by atoms with Crippen molar-refractivity contribution in [1.29, 1.82) is 0 Å². The molecule has 0 unspecified atom stereocenters. The summed E-state index contributed by atoms with van der Waals surface area (Å²) >= 11 is 0. The molecule has 1 fully saturated rings. The third-order valence-electron chi connectivity index (χ3n) is 1.89. The second kappa shape index (κ2) is 1.76. The van der Waals surface area contributed by atoms with E-state index < -0.39 is 0 Å². The highest BCUT2D eigenvalue weighted by atomic mass is 15.1. The molecule has 0 bridgehead atoms. The molecule has 0 aromatic rings. The van der Waals surface area contributed by atoms with E-state index in [9.17, 15) is 0 Å². The molecule has 52 valence electrons. The molecular weight excluding hydrogens is 110 g/mol. The van der Waals surface area contributed by atoms with Crippen molar-refractivity contribution in [3.8, 4) is 0 Å². The number of nitrogens with zero attached hydrogens (tertiary/aromatic N) is 1. The van der Waals surface area contributed by atoms with Gasteiger partial charge in [0.1, 0.15) is 0 Å². The van der Waals surface area contributed by atoms with Gasteiger partial charge >= 0.3 is 0 Å². The van der Waals surface area contributed by atoms with Crippen molar-refractivity contribution in [3.63, 3.8) is 0 Å². The van der Waals surface area contributed by atoms with Crippen molar-refractivity contribution in [2.45, 2.75) is 20.3 Å². The third kappa shape index (κ3) is 1.26. The van der Waals surface area contributed by atoms with Crippen molar-refractivity contribution in [3.05, 3.63) is 12.3 Å². The minimum absolute atomic E-state index is 0.464. The van der Waals surface area contributed by atoms with E-state index in [2.05, 4.69) is 32.4 Å². The molecule has 1 nitrogen and oxygen atoms in total. The first-order chi connectivity index (χ1) is 4.01. The number of rotatable bonds is 0. The van der Waals surface area contributed by atoms with Gasteiger partial charge in [-0.3, -0.25) is 0 Å². The Morgan fingerprint density at radius 2 is 2.11 bits per heavy atom. The van der Waals surface area contributed by atoms with Crippen molar-refractivity contribution in [2.75, 3.05) is 13.6 Å². The molecule has 0 N–H and O–H groups in total. The van der Waals surface area contributed by atoms with Crippen LogP contribution in [0.5, 0.6) is 0 Å². The normalized spacial score (nSPS) is 25.2. The fourth-order valence-corrected chi connectivity index (χ4v) is 1.50. The van der Waals surface area contributed by atoms with Crippen molar-refractivity contribution < 1.29 is 0 Å². The largest absolute Gasteiger partial charge is 0.378 e. The van der Waals surface area contributed by atoms with Gasteiger partial charge in [0.05, 0.1) is 0 Å². The summed E-state index contributed by atoms with van der Waals surface area (Å²) in [6.45, 7) is 9.67. The molecule has 0 amide bonds. The lowest BCUT2D eigenvalue weighted by Gasteiger charge is -2.15. The van der Waals surface area contributed by atoms with Crippen LogP contribution in [-0.4, -0.2) is 18.5 Å². The molecule has 0 spiro atoms. The molecule has 0 atom stereocenters. The van der Waals surface area contributed by atoms with Gasteiger partial charge in [0, 0.05) is 19.3 Å². The SMILES string of the molecule is C=C1CC(C)(C)CN1C. The zero-order chi connectivity index (χ0) is 7.07. The van der Waals surface area contributed by atoms with Gasteiger partial charge in [-0.15, -0.1) is 0 Å². The first-order valence-electron chi connectivity index (χ1n) is 3.40. The predicted octanol–water partition coefficient (Wildman–Crippen LogP) is 1.86. The Hall–Kier alpha value is -0.460. The summed E-state index contributed by atoms with van der Waals surface area (Å²) in [5.41, 5.74) is 1.74. The summed E-state index contributed by atoms with van der Waals surface area (Å²) in [7, 11) is 2.11. The second-order valence-electron chi connectivity index (χ2n) is 3.76. The Morgan fingerprint density at radius 1 is 1.56 bits per heavy atom. The third-order valence-corrected chi connectivity index (χ3v) is 1.89. The average Bonchev–Trinajstić information content (AvgIpc) is 1.79. The Labute approximate surface area is 57.4 Å². The summed E-state index contributed by atoms with van der Waals surface area (Å²) in [6, 6.07) is 0. The minimum atomic E-state index is 0.464. The van der Waals surface area contributed by atoms with Gasteiger partial charge in [-0.2, -0.15) is 0 Å². The first-order valence-corrected chi connectivity index (χ1v) is 3.40. The van der Waals surface area contributed by atoms with Gasteiger partial charge in [0.25, 0.3) is 0 Å². The molecular formula is C8H15N. The summed E-state index contributed by atoms with van der Waals surface area (Å²) in [6.07, 6.45) is 1.16. The topological polar surface area (TPSA) is 3.24 Å². The van der Waals surface area contributed by atoms with Gasteiger partial charge in [0.2, 0.25) is 0 Å². The summed E-state index contributed by atoms with van der Waals surface area (Å²) in [5.74, 6) is 0. The second-order valence-corrected chi connectivity index (χ2v) is 3.76. The van der Waals surface area contributed by atoms with E-state index in [1.165, 1.54) is 5.70 Å². The molecule has 0 aromatic carbocycles. The van der Waals surface area contributed by atoms with Crippen molar-refractivity contribution in [2.24, 2.45) is 5.41 Å². The molecule has 1 saturated heterocycles. The van der Waals surface area contributed by atoms with Crippen LogP contribution >= 0.6 is 0 Å². The highest BCUT2D eigenvalue weighted by molar-refractivity contribution is 5.04. The maximum absolute atomic E-state index is 3.96. The van der Waals surface area contributed by atoms with Crippen LogP contribution in [0.3, 0.4) is 0 Å². The van der Waals surface area contributed by atoms with E-state index in [4.69, 9.17) is 0 Å². The lowest BCUT2D eigenvalue weighted by molar-refractivity contribution is 0.345. The van der Waals surface area contributed by atoms with Gasteiger partial charge in [0.15, 0.2) is 0 Å². The van der Waals surface area contributed by atoms with E-state index in [0.29, 0.717) is 5.41 Å². The Morgan fingerprint density at radius 3 is 2.22 bits per heavy atom. The first kappa shape index (κ1) is 6.66. The van der Waals surface area contributed by atoms with Gasteiger partial charge in [-0.05, 0) is 11.8 Å². The molecule has 1 heterocycles. The smallest absolute Gasteiger partial charge is 0.0226 e. The maximum Gasteiger partial charge on any atom is 0.0226 e. The molecule has 1 heteroatoms. The molecule has 0 saturated carbocycles. The lowest BCUT2D eigenvalue weighted by Crippen LogP contribution is -2.17. The monoisotopic (exact) mass is 125 g/mol. The predicted molar refractivity (Wildman–Crippen MR) is 40.2 cm³/mol. The number of likely N-dealkylation sites (tertiary alicyclic amines) is 1. The van der Waals surface area contributed by atoms with Gasteiger partial charge in [-0.1, -0.05) is 20.4 Å². The van der Waals surface area contributed by atoms with Crippen LogP contribution in [0.25, 0.3) is 0 Å². The van der Waals surface area contributed by atoms with Crippen LogP contribution in [0.1, 0.15) is 20.3 Å². The maximum atomic E-state index is 3.96. The summed E-state index contributed by atoms with van der Waals surface area (Å²) < 4.78 is 0. The number of allylic oxidation sites excluding steroid dienone is 1. The van der Waals surface area contributed by atoms with Gasteiger partial charge < -0.3 is 4.90 Å². The van der Waals surface area contributed by atoms with Gasteiger partial charge in [-0.25, -0.2) is 0 Å². The quantitative estimate of drug-likeness (QED) is 0.477. The van der Waals surface area contributed by atoms with Crippen LogP contribution in [0.15, 0.2) is 12.3 Å². The number of hydrogen-bond acceptors (Lipinski definition) is 1. The minimum Gasteiger partial charge on any atom is -0.378 e. The highest BCUT2D eigenvalue weighted by Crippen LogP contribution is 2.33. The molecule has 1 aliphatic heterocycles. The lowest BCUT2D eigenvalue weighted by atomic mass is 9.92. The Balaban J connectivity index is 2.65. The van der Waals surface area contributed by atoms with E-state index >= 15 is 0 Å². The average molecular weight is 125 g/mol. The summed E-state index contributed by atoms with van der Waals surface area (Å²) in [4.78, 5) is 2.24. The fraction of sp³-hybridized carbons (Fsp3) is 0.750. The van der Waals surface area contributed by atoms with Crippen LogP contribution in [0, 0.1) is 5.41 Å². The van der Waals surface area contributed by atoms with E-state index in [1.54, 1.807) is 0 Å². The zero-order valence-electron chi connectivity index (χ0n) is 6.57. The van der Waals surface area contributed by atoms with Crippen LogP contribution < -0.4 is 0 Å². The fourth-order valence-electron chi connectivity index (χ4n) is 1.50. The Kier molecular flexibility index (Phi) is 1.30. The van der Waals surface area contributed by atoms with E-state index in [0.717, 1.165) is 13.0 Å². The van der Waals surface area contributed by atoms with Crippen LogP contribution in [-0.2, 0) is 0 Å². The zero-order valence-corrected chi connectivity index (χ0v) is 6.57. The van der Waals surface area contributed by atoms with E-state index in [1.807, 2.05) is 0 Å². The molecule has 0 radical (unpaired) electrons. The highest BCUT2D eigenvalue weighted by Gasteiger charge is 2.28. The van der Waals surface area contributed by atoms with Crippen molar-refractivity contribution in [1.82, 2.24) is 4.90 Å². The molecule has 0 aliphatic carbocycles. The van der Waals surface area contributed by atoms with Crippen LogP contribution in [0.2, 0.25) is 0 Å². The molecule has 0 aromatic heterocycles. The number of hydrogen-bond donors (Lipinski definition) is 0. The molecule has 1 rings (SSSR count). The molecule has 1 aliphatic rings. The van der Waals surface area contributed by atoms with Crippen molar-refractivity contribution >= 4 is 0 Å². The Bertz CT molecular complexity index is 136. The van der Waals surface area contributed by atoms with Crippen LogP contribution in [0.4, 0.5) is 0 Å². The molecule has 9 heavy (non-hydrogen) atoms. The van der Waals surface area contributed by atoms with E-state index in [-0.39, 0.29) is 0 Å². The standard InChI is InChI=1S/C8H15N/c1-7-5-8(2,3)6-9(7)4/h1,5-6H2,2-4H3.